The van der Waals surface area contributed by atoms with Gasteiger partial charge in [0.25, 0.3) is 0 Å². The third-order valence-corrected chi connectivity index (χ3v) is 2.97. The number of hydrogen-bond acceptors (Lipinski definition) is 3. The molecule has 0 saturated carbocycles. The van der Waals surface area contributed by atoms with Crippen LogP contribution in [0.1, 0.15) is 5.82 Å². The number of aromatic nitrogens is 2. The van der Waals surface area contributed by atoms with Crippen molar-refractivity contribution < 1.29 is 17.9 Å². The van der Waals surface area contributed by atoms with E-state index in [0.29, 0.717) is 5.56 Å². The highest BCUT2D eigenvalue weighted by molar-refractivity contribution is 6.37. The molecule has 2 aromatic rings. The van der Waals surface area contributed by atoms with Crippen LogP contribution in [0.15, 0.2) is 30.3 Å². The van der Waals surface area contributed by atoms with Gasteiger partial charge in [0.2, 0.25) is 0 Å². The average Bonchev–Trinajstić information content (AvgIpc) is 2.37. The van der Waals surface area contributed by atoms with Crippen LogP contribution in [0.4, 0.5) is 13.2 Å². The second kappa shape index (κ2) is 6.60. The van der Waals surface area contributed by atoms with Crippen molar-refractivity contribution in [3.63, 3.8) is 0 Å². The number of alkyl halides is 3. The minimum absolute atomic E-state index is 0.00562. The van der Waals surface area contributed by atoms with Crippen LogP contribution >= 0.6 is 23.2 Å². The standard InChI is InChI=1S/C13H9Cl2F3N2O/c14-11-10(8-4-2-1-3-5-8)12(15)20-9(19-11)6-21-7-13(16,17)18/h1-5H,6-7H2. The van der Waals surface area contributed by atoms with Gasteiger partial charge in [-0.3, -0.25) is 0 Å². The summed E-state index contributed by atoms with van der Waals surface area (Å²) in [5.74, 6) is -0.00562. The molecule has 0 radical (unpaired) electrons. The highest BCUT2D eigenvalue weighted by atomic mass is 35.5. The first-order chi connectivity index (χ1) is 9.87. The van der Waals surface area contributed by atoms with Gasteiger partial charge in [-0.1, -0.05) is 53.5 Å². The Morgan fingerprint density at radius 2 is 1.57 bits per heavy atom. The number of halogens is 5. The van der Waals surface area contributed by atoms with Crippen molar-refractivity contribution in [3.05, 3.63) is 46.5 Å². The normalized spacial score (nSPS) is 11.7. The molecule has 1 heterocycles. The third-order valence-electron chi connectivity index (χ3n) is 2.43. The van der Waals surface area contributed by atoms with Crippen LogP contribution in [0.2, 0.25) is 10.3 Å². The van der Waals surface area contributed by atoms with Crippen LogP contribution in [-0.4, -0.2) is 22.8 Å². The highest BCUT2D eigenvalue weighted by Crippen LogP contribution is 2.32. The molecule has 1 aromatic heterocycles. The summed E-state index contributed by atoms with van der Waals surface area (Å²) in [5, 5.41) is 0.124. The Balaban J connectivity index is 2.18. The van der Waals surface area contributed by atoms with Crippen LogP contribution < -0.4 is 0 Å². The average molecular weight is 337 g/mol. The molecule has 0 atom stereocenters. The van der Waals surface area contributed by atoms with E-state index in [-0.39, 0.29) is 16.1 Å². The van der Waals surface area contributed by atoms with Crippen LogP contribution in [-0.2, 0) is 11.3 Å². The maximum Gasteiger partial charge on any atom is 0.411 e. The van der Waals surface area contributed by atoms with E-state index in [0.717, 1.165) is 5.56 Å². The van der Waals surface area contributed by atoms with Crippen LogP contribution in [0.3, 0.4) is 0 Å². The Bertz CT molecular complexity index is 598. The molecule has 0 aliphatic heterocycles. The van der Waals surface area contributed by atoms with Gasteiger partial charge < -0.3 is 4.74 Å². The highest BCUT2D eigenvalue weighted by Gasteiger charge is 2.27. The lowest BCUT2D eigenvalue weighted by Gasteiger charge is -2.10. The smallest absolute Gasteiger partial charge is 0.364 e. The van der Waals surface area contributed by atoms with Gasteiger partial charge in [-0.2, -0.15) is 13.2 Å². The van der Waals surface area contributed by atoms with Crippen molar-refractivity contribution in [1.29, 1.82) is 0 Å². The summed E-state index contributed by atoms with van der Waals surface area (Å²) in [6.07, 6.45) is -4.41. The summed E-state index contributed by atoms with van der Waals surface area (Å²) in [5.41, 5.74) is 1.15. The number of hydrogen-bond donors (Lipinski definition) is 0. The Labute approximate surface area is 128 Å². The molecule has 0 spiro atoms. The number of rotatable bonds is 4. The monoisotopic (exact) mass is 336 g/mol. The quantitative estimate of drug-likeness (QED) is 0.769. The van der Waals surface area contributed by atoms with E-state index in [1.165, 1.54) is 0 Å². The van der Waals surface area contributed by atoms with Crippen molar-refractivity contribution in [3.8, 4) is 11.1 Å². The van der Waals surface area contributed by atoms with E-state index >= 15 is 0 Å². The largest absolute Gasteiger partial charge is 0.411 e. The molecule has 0 unspecified atom stereocenters. The van der Waals surface area contributed by atoms with Gasteiger partial charge in [0.1, 0.15) is 23.5 Å². The summed E-state index contributed by atoms with van der Waals surface area (Å²) in [7, 11) is 0. The van der Waals surface area contributed by atoms with E-state index in [1.54, 1.807) is 24.3 Å². The summed E-state index contributed by atoms with van der Waals surface area (Å²) < 4.78 is 40.4. The van der Waals surface area contributed by atoms with E-state index in [4.69, 9.17) is 23.2 Å². The lowest BCUT2D eigenvalue weighted by molar-refractivity contribution is -0.177. The number of benzene rings is 1. The molecule has 0 bridgehead atoms. The topological polar surface area (TPSA) is 35.0 Å². The van der Waals surface area contributed by atoms with Gasteiger partial charge in [0, 0.05) is 0 Å². The first-order valence-corrected chi connectivity index (χ1v) is 6.54. The molecule has 0 amide bonds. The molecule has 3 nitrogen and oxygen atoms in total. The third kappa shape index (κ3) is 4.56. The molecule has 1 aromatic carbocycles. The zero-order chi connectivity index (χ0) is 15.5. The van der Waals surface area contributed by atoms with Gasteiger partial charge in [-0.15, -0.1) is 0 Å². The predicted molar refractivity (Wildman–Crippen MR) is 73.2 cm³/mol. The van der Waals surface area contributed by atoms with Crippen molar-refractivity contribution in [2.45, 2.75) is 12.8 Å². The minimum atomic E-state index is -4.41. The Kier molecular flexibility index (Phi) is 5.03. The van der Waals surface area contributed by atoms with Crippen LogP contribution in [0.25, 0.3) is 11.1 Å². The summed E-state index contributed by atoms with van der Waals surface area (Å²) >= 11 is 12.0. The van der Waals surface area contributed by atoms with Gasteiger partial charge in [-0.25, -0.2) is 9.97 Å². The second-order valence-electron chi connectivity index (χ2n) is 4.07. The molecule has 112 valence electrons. The van der Waals surface area contributed by atoms with E-state index in [9.17, 15) is 13.2 Å². The second-order valence-corrected chi connectivity index (χ2v) is 4.79. The fourth-order valence-corrected chi connectivity index (χ4v) is 2.25. The lowest BCUT2D eigenvalue weighted by atomic mass is 10.1. The number of nitrogens with zero attached hydrogens (tertiary/aromatic N) is 2. The maximum absolute atomic E-state index is 12.0. The van der Waals surface area contributed by atoms with E-state index in [1.807, 2.05) is 6.07 Å². The molecule has 8 heteroatoms. The summed E-state index contributed by atoms with van der Waals surface area (Å²) in [4.78, 5) is 7.81. The molecule has 0 N–H and O–H groups in total. The fourth-order valence-electron chi connectivity index (χ4n) is 1.61. The van der Waals surface area contributed by atoms with Gasteiger partial charge >= 0.3 is 6.18 Å². The number of ether oxygens (including phenoxy) is 1. The summed E-state index contributed by atoms with van der Waals surface area (Å²) in [6.45, 7) is -1.81. The Hall–Kier alpha value is -1.37. The van der Waals surface area contributed by atoms with Gasteiger partial charge in [-0.05, 0) is 5.56 Å². The first kappa shape index (κ1) is 16.0. The van der Waals surface area contributed by atoms with Gasteiger partial charge in [0.15, 0.2) is 5.82 Å². The molecule has 0 aliphatic carbocycles. The molecule has 0 saturated heterocycles. The lowest BCUT2D eigenvalue weighted by Crippen LogP contribution is -2.17. The Morgan fingerprint density at radius 1 is 1.00 bits per heavy atom. The zero-order valence-electron chi connectivity index (χ0n) is 10.5. The molecular formula is C13H9Cl2F3N2O. The van der Waals surface area contributed by atoms with Crippen LogP contribution in [0.5, 0.6) is 0 Å². The molecular weight excluding hydrogens is 328 g/mol. The van der Waals surface area contributed by atoms with E-state index in [2.05, 4.69) is 14.7 Å². The first-order valence-electron chi connectivity index (χ1n) is 5.78. The fraction of sp³-hybridized carbons (Fsp3) is 0.231. The van der Waals surface area contributed by atoms with Gasteiger partial charge in [0.05, 0.1) is 5.56 Å². The zero-order valence-corrected chi connectivity index (χ0v) is 12.0. The molecule has 0 fully saturated rings. The maximum atomic E-state index is 12.0. The van der Waals surface area contributed by atoms with Crippen LogP contribution in [0, 0.1) is 0 Å². The molecule has 2 rings (SSSR count). The van der Waals surface area contributed by atoms with Crippen molar-refractivity contribution in [1.82, 2.24) is 9.97 Å². The van der Waals surface area contributed by atoms with Crippen molar-refractivity contribution in [2.24, 2.45) is 0 Å². The summed E-state index contributed by atoms with van der Waals surface area (Å²) in [6, 6.07) is 8.96. The van der Waals surface area contributed by atoms with E-state index < -0.39 is 19.4 Å². The van der Waals surface area contributed by atoms with Crippen molar-refractivity contribution in [2.75, 3.05) is 6.61 Å². The SMILES string of the molecule is FC(F)(F)COCc1nc(Cl)c(-c2ccccc2)c(Cl)n1. The minimum Gasteiger partial charge on any atom is -0.364 e. The molecule has 0 aliphatic rings. The van der Waals surface area contributed by atoms with Crippen molar-refractivity contribution >= 4 is 23.2 Å². The predicted octanol–water partition coefficient (Wildman–Crippen LogP) is 4.53. The molecule has 21 heavy (non-hydrogen) atoms. The Morgan fingerprint density at radius 3 is 2.10 bits per heavy atom.